The minimum Gasteiger partial charge on any atom is -0.341 e. The highest BCUT2D eigenvalue weighted by molar-refractivity contribution is 5.93. The van der Waals surface area contributed by atoms with E-state index in [-0.39, 0.29) is 11.8 Å². The summed E-state index contributed by atoms with van der Waals surface area (Å²) < 4.78 is 1.82. The van der Waals surface area contributed by atoms with E-state index in [0.717, 1.165) is 0 Å². The molecule has 3 heteroatoms. The molecule has 0 atom stereocenters. The van der Waals surface area contributed by atoms with Crippen LogP contribution >= 0.6 is 0 Å². The lowest BCUT2D eigenvalue weighted by Gasteiger charge is -2.09. The average molecular weight is 176 g/mol. The zero-order chi connectivity index (χ0) is 10.0. The van der Waals surface area contributed by atoms with Crippen LogP contribution < -0.4 is 0 Å². The summed E-state index contributed by atoms with van der Waals surface area (Å²) in [6.07, 6.45) is 1.71. The van der Waals surface area contributed by atoms with Gasteiger partial charge in [-0.3, -0.25) is 4.79 Å². The first-order valence-electron chi connectivity index (χ1n) is 4.19. The van der Waals surface area contributed by atoms with E-state index in [1.54, 1.807) is 12.3 Å². The normalized spacial score (nSPS) is 10.1. The Morgan fingerprint density at radius 2 is 2.23 bits per heavy atom. The minimum absolute atomic E-state index is 0.00444. The molecule has 0 aliphatic carbocycles. The van der Waals surface area contributed by atoms with Crippen LogP contribution in [0, 0.1) is 11.3 Å². The first-order valence-corrected chi connectivity index (χ1v) is 4.19. The van der Waals surface area contributed by atoms with Gasteiger partial charge in [0, 0.05) is 19.2 Å². The summed E-state index contributed by atoms with van der Waals surface area (Å²) in [5.74, 6) is -0.00444. The maximum atomic E-state index is 11.2. The summed E-state index contributed by atoms with van der Waals surface area (Å²) >= 11 is 0. The fourth-order valence-corrected chi connectivity index (χ4v) is 1.25. The second-order valence-corrected chi connectivity index (χ2v) is 3.28. The second-order valence-electron chi connectivity index (χ2n) is 3.28. The molecule has 0 aromatic carbocycles. The van der Waals surface area contributed by atoms with E-state index in [4.69, 9.17) is 5.26 Å². The number of nitrogens with zero attached hydrogens (tertiary/aromatic N) is 2. The van der Waals surface area contributed by atoms with Crippen molar-refractivity contribution in [1.29, 1.82) is 5.26 Å². The average Bonchev–Trinajstić information content (AvgIpc) is 2.47. The van der Waals surface area contributed by atoms with E-state index in [1.807, 2.05) is 24.5 Å². The highest BCUT2D eigenvalue weighted by atomic mass is 16.1. The minimum atomic E-state index is -0.00444. The summed E-state index contributed by atoms with van der Waals surface area (Å²) in [6.45, 7) is 5.47. The molecule has 0 saturated heterocycles. The molecule has 1 heterocycles. The van der Waals surface area contributed by atoms with Crippen molar-refractivity contribution in [2.75, 3.05) is 0 Å². The molecular weight excluding hydrogens is 164 g/mol. The summed E-state index contributed by atoms with van der Waals surface area (Å²) in [7, 11) is 0. The van der Waals surface area contributed by atoms with E-state index in [2.05, 4.69) is 0 Å². The number of nitriles is 1. The SMILES string of the molecule is CC(=O)c1cc(C#N)cn1C(C)C. The Labute approximate surface area is 77.6 Å². The number of hydrogen-bond donors (Lipinski definition) is 0. The number of rotatable bonds is 2. The van der Waals surface area contributed by atoms with Gasteiger partial charge >= 0.3 is 0 Å². The van der Waals surface area contributed by atoms with Crippen molar-refractivity contribution in [3.63, 3.8) is 0 Å². The highest BCUT2D eigenvalue weighted by Gasteiger charge is 2.11. The van der Waals surface area contributed by atoms with Crippen LogP contribution in [0.5, 0.6) is 0 Å². The Hall–Kier alpha value is -1.56. The largest absolute Gasteiger partial charge is 0.341 e. The summed E-state index contributed by atoms with van der Waals surface area (Å²) in [4.78, 5) is 11.2. The van der Waals surface area contributed by atoms with Gasteiger partial charge in [0.25, 0.3) is 0 Å². The smallest absolute Gasteiger partial charge is 0.176 e. The fourth-order valence-electron chi connectivity index (χ4n) is 1.25. The van der Waals surface area contributed by atoms with Crippen molar-refractivity contribution in [1.82, 2.24) is 4.57 Å². The Balaban J connectivity index is 3.25. The Morgan fingerprint density at radius 3 is 2.54 bits per heavy atom. The Kier molecular flexibility index (Phi) is 2.52. The molecule has 13 heavy (non-hydrogen) atoms. The number of aromatic nitrogens is 1. The monoisotopic (exact) mass is 176 g/mol. The van der Waals surface area contributed by atoms with Crippen LogP contribution in [0.15, 0.2) is 12.3 Å². The maximum absolute atomic E-state index is 11.2. The van der Waals surface area contributed by atoms with Crippen LogP contribution in [0.3, 0.4) is 0 Å². The molecule has 0 unspecified atom stereocenters. The third kappa shape index (κ3) is 1.78. The summed E-state index contributed by atoms with van der Waals surface area (Å²) in [5, 5.41) is 8.66. The molecule has 0 radical (unpaired) electrons. The van der Waals surface area contributed by atoms with Gasteiger partial charge in [0.05, 0.1) is 11.3 Å². The Morgan fingerprint density at radius 1 is 1.62 bits per heavy atom. The molecule has 1 aromatic rings. The molecule has 1 rings (SSSR count). The van der Waals surface area contributed by atoms with Gasteiger partial charge in [-0.05, 0) is 19.9 Å². The summed E-state index contributed by atoms with van der Waals surface area (Å²) in [6, 6.07) is 3.86. The van der Waals surface area contributed by atoms with Gasteiger partial charge in [0.15, 0.2) is 5.78 Å². The zero-order valence-corrected chi connectivity index (χ0v) is 8.03. The van der Waals surface area contributed by atoms with E-state index in [9.17, 15) is 4.79 Å². The molecule has 0 aliphatic rings. The van der Waals surface area contributed by atoms with Crippen LogP contribution in [0.2, 0.25) is 0 Å². The number of carbonyl (C=O) groups is 1. The molecule has 3 nitrogen and oxygen atoms in total. The number of hydrogen-bond acceptors (Lipinski definition) is 2. The van der Waals surface area contributed by atoms with E-state index >= 15 is 0 Å². The molecule has 68 valence electrons. The Bertz CT molecular complexity index is 369. The van der Waals surface area contributed by atoms with Gasteiger partial charge in [-0.1, -0.05) is 0 Å². The maximum Gasteiger partial charge on any atom is 0.176 e. The van der Waals surface area contributed by atoms with Crippen molar-refractivity contribution in [2.45, 2.75) is 26.8 Å². The predicted octanol–water partition coefficient (Wildman–Crippen LogP) is 2.14. The van der Waals surface area contributed by atoms with Crippen molar-refractivity contribution in [2.24, 2.45) is 0 Å². The molecule has 1 aromatic heterocycles. The quantitative estimate of drug-likeness (QED) is 0.648. The fraction of sp³-hybridized carbons (Fsp3) is 0.400. The molecule has 0 aliphatic heterocycles. The number of carbonyl (C=O) groups excluding carboxylic acids is 1. The van der Waals surface area contributed by atoms with Gasteiger partial charge in [0.2, 0.25) is 0 Å². The first-order chi connectivity index (χ1) is 6.06. The molecule has 0 amide bonds. The number of ketones is 1. The van der Waals surface area contributed by atoms with Crippen LogP contribution in [-0.4, -0.2) is 10.4 Å². The van der Waals surface area contributed by atoms with Crippen molar-refractivity contribution in [3.8, 4) is 6.07 Å². The lowest BCUT2D eigenvalue weighted by Crippen LogP contribution is -2.07. The highest BCUT2D eigenvalue weighted by Crippen LogP contribution is 2.14. The van der Waals surface area contributed by atoms with Gasteiger partial charge in [0.1, 0.15) is 6.07 Å². The van der Waals surface area contributed by atoms with E-state index in [0.29, 0.717) is 11.3 Å². The van der Waals surface area contributed by atoms with Crippen molar-refractivity contribution < 1.29 is 4.79 Å². The van der Waals surface area contributed by atoms with Crippen molar-refractivity contribution in [3.05, 3.63) is 23.5 Å². The lowest BCUT2D eigenvalue weighted by molar-refractivity contribution is 0.100. The molecule has 0 fully saturated rings. The van der Waals surface area contributed by atoms with Gasteiger partial charge in [-0.2, -0.15) is 5.26 Å². The third-order valence-electron chi connectivity index (χ3n) is 1.89. The van der Waals surface area contributed by atoms with E-state index < -0.39 is 0 Å². The van der Waals surface area contributed by atoms with Crippen molar-refractivity contribution >= 4 is 5.78 Å². The lowest BCUT2D eigenvalue weighted by atomic mass is 10.2. The summed E-state index contributed by atoms with van der Waals surface area (Å²) in [5.41, 5.74) is 1.14. The van der Waals surface area contributed by atoms with Gasteiger partial charge in [-0.25, -0.2) is 0 Å². The van der Waals surface area contributed by atoms with Crippen LogP contribution in [-0.2, 0) is 0 Å². The standard InChI is InChI=1S/C10H12N2O/c1-7(2)12-6-9(5-11)4-10(12)8(3)13/h4,6-7H,1-3H3. The molecule has 0 spiro atoms. The van der Waals surface area contributed by atoms with E-state index in [1.165, 1.54) is 6.92 Å². The molecule has 0 saturated carbocycles. The van der Waals surface area contributed by atoms with Crippen LogP contribution in [0.25, 0.3) is 0 Å². The first kappa shape index (κ1) is 9.53. The third-order valence-corrected chi connectivity index (χ3v) is 1.89. The molecule has 0 N–H and O–H groups in total. The van der Waals surface area contributed by atoms with Gasteiger partial charge < -0.3 is 4.57 Å². The molecular formula is C10H12N2O. The van der Waals surface area contributed by atoms with Gasteiger partial charge in [-0.15, -0.1) is 0 Å². The van der Waals surface area contributed by atoms with Crippen LogP contribution in [0.1, 0.15) is 42.9 Å². The van der Waals surface area contributed by atoms with Crippen LogP contribution in [0.4, 0.5) is 0 Å². The number of Topliss-reactive ketones (excluding diaryl/α,β-unsaturated/α-hetero) is 1. The zero-order valence-electron chi connectivity index (χ0n) is 8.03. The topological polar surface area (TPSA) is 45.8 Å². The predicted molar refractivity (Wildman–Crippen MR) is 49.5 cm³/mol. The second kappa shape index (κ2) is 3.44. The molecule has 0 bridgehead atoms.